The molecule has 1 aliphatic rings. The van der Waals surface area contributed by atoms with Crippen LogP contribution in [0.25, 0.3) is 6.08 Å². The molecule has 1 aromatic rings. The van der Waals surface area contributed by atoms with Crippen LogP contribution < -0.4 is 10.5 Å². The largest absolute Gasteiger partial charge is 0.497 e. The van der Waals surface area contributed by atoms with Crippen LogP contribution in [0.5, 0.6) is 5.75 Å². The number of benzene rings is 1. The van der Waals surface area contributed by atoms with E-state index < -0.39 is 6.03 Å². The van der Waals surface area contributed by atoms with Crippen LogP contribution in [0.1, 0.15) is 17.5 Å². The predicted octanol–water partition coefficient (Wildman–Crippen LogP) is 1.79. The minimum atomic E-state index is -0.837. The number of carbonyl (C=O) groups excluding carboxylic acids is 1. The molecular weight excluding hydrogens is 232 g/mol. The Morgan fingerprint density at radius 1 is 1.50 bits per heavy atom. The summed E-state index contributed by atoms with van der Waals surface area (Å²) >= 11 is 0. The third-order valence-electron chi connectivity index (χ3n) is 3.03. The number of primary amides is 1. The first-order valence-corrected chi connectivity index (χ1v) is 5.72. The highest BCUT2D eigenvalue weighted by atomic mass is 16.5. The molecule has 1 aromatic carbocycles. The average Bonchev–Trinajstić information content (AvgIpc) is 2.37. The number of hydrogen-bond donors (Lipinski definition) is 2. The predicted molar refractivity (Wildman–Crippen MR) is 67.4 cm³/mol. The molecule has 0 bridgehead atoms. The second-order valence-corrected chi connectivity index (χ2v) is 4.26. The van der Waals surface area contributed by atoms with Gasteiger partial charge in [-0.1, -0.05) is 12.1 Å². The lowest BCUT2D eigenvalue weighted by atomic mass is 9.92. The van der Waals surface area contributed by atoms with E-state index in [1.807, 2.05) is 24.3 Å². The zero-order valence-electron chi connectivity index (χ0n) is 10.2. The van der Waals surface area contributed by atoms with E-state index in [1.165, 1.54) is 5.56 Å². The summed E-state index contributed by atoms with van der Waals surface area (Å²) in [7, 11) is 1.64. The molecule has 2 rings (SSSR count). The number of amides is 2. The molecule has 0 unspecified atom stereocenters. The topological polar surface area (TPSA) is 75.8 Å². The molecule has 3 N–H and O–H groups in total. The molecule has 0 aromatic heterocycles. The molecule has 0 spiro atoms. The number of nitrogens with two attached hydrogens (primary N) is 1. The molecule has 0 radical (unpaired) electrons. The summed E-state index contributed by atoms with van der Waals surface area (Å²) in [6.45, 7) is 0.154. The SMILES string of the molecule is COc1ccc2c(c1)CCC(CN(O)C(N)=O)=C2. The molecule has 0 heterocycles. The fourth-order valence-corrected chi connectivity index (χ4v) is 2.05. The lowest BCUT2D eigenvalue weighted by molar-refractivity contribution is -0.0313. The molecule has 0 saturated carbocycles. The third-order valence-corrected chi connectivity index (χ3v) is 3.03. The van der Waals surface area contributed by atoms with Gasteiger partial charge in [0.05, 0.1) is 13.7 Å². The first-order valence-electron chi connectivity index (χ1n) is 5.72. The van der Waals surface area contributed by atoms with Crippen LogP contribution in [0.15, 0.2) is 23.8 Å². The van der Waals surface area contributed by atoms with Gasteiger partial charge in [-0.2, -0.15) is 0 Å². The number of rotatable bonds is 3. The van der Waals surface area contributed by atoms with Crippen molar-refractivity contribution in [3.63, 3.8) is 0 Å². The lowest BCUT2D eigenvalue weighted by Gasteiger charge is -2.20. The van der Waals surface area contributed by atoms with Gasteiger partial charge in [0.2, 0.25) is 0 Å². The quantitative estimate of drug-likeness (QED) is 0.632. The van der Waals surface area contributed by atoms with Crippen LogP contribution in [-0.2, 0) is 6.42 Å². The summed E-state index contributed by atoms with van der Waals surface area (Å²) in [6, 6.07) is 5.03. The molecule has 2 amide bonds. The highest BCUT2D eigenvalue weighted by molar-refractivity contribution is 5.71. The maximum Gasteiger partial charge on any atom is 0.338 e. The van der Waals surface area contributed by atoms with Gasteiger partial charge in [-0.15, -0.1) is 0 Å². The Bertz CT molecular complexity index is 497. The van der Waals surface area contributed by atoms with Crippen molar-refractivity contribution in [1.29, 1.82) is 0 Å². The van der Waals surface area contributed by atoms with Crippen molar-refractivity contribution < 1.29 is 14.7 Å². The van der Waals surface area contributed by atoms with E-state index in [0.29, 0.717) is 5.06 Å². The Kier molecular flexibility index (Phi) is 3.53. The summed E-state index contributed by atoms with van der Waals surface area (Å²) in [4.78, 5) is 10.8. The smallest absolute Gasteiger partial charge is 0.338 e. The molecule has 0 atom stereocenters. The number of hydroxylamine groups is 2. The number of urea groups is 1. The maximum absolute atomic E-state index is 10.8. The van der Waals surface area contributed by atoms with Crippen LogP contribution in [0, 0.1) is 0 Å². The Morgan fingerprint density at radius 3 is 2.94 bits per heavy atom. The highest BCUT2D eigenvalue weighted by Crippen LogP contribution is 2.27. The fourth-order valence-electron chi connectivity index (χ4n) is 2.05. The molecule has 0 aliphatic heterocycles. The summed E-state index contributed by atoms with van der Waals surface area (Å²) in [5.41, 5.74) is 8.26. The number of carbonyl (C=O) groups is 1. The average molecular weight is 248 g/mol. The van der Waals surface area contributed by atoms with Gasteiger partial charge in [-0.05, 0) is 41.7 Å². The fraction of sp³-hybridized carbons (Fsp3) is 0.308. The molecule has 0 fully saturated rings. The van der Waals surface area contributed by atoms with Crippen molar-refractivity contribution in [2.75, 3.05) is 13.7 Å². The standard InChI is InChI=1S/C13H16N2O3/c1-18-12-5-4-10-6-9(2-3-11(10)7-12)8-15(17)13(14)16/h4-7,17H,2-3,8H2,1H3,(H2,14,16). The van der Waals surface area contributed by atoms with E-state index in [0.717, 1.165) is 29.7 Å². The van der Waals surface area contributed by atoms with Gasteiger partial charge < -0.3 is 10.5 Å². The van der Waals surface area contributed by atoms with E-state index in [-0.39, 0.29) is 6.54 Å². The van der Waals surface area contributed by atoms with Crippen LogP contribution >= 0.6 is 0 Å². The Balaban J connectivity index is 2.17. The van der Waals surface area contributed by atoms with E-state index >= 15 is 0 Å². The van der Waals surface area contributed by atoms with Gasteiger partial charge in [-0.25, -0.2) is 9.86 Å². The second kappa shape index (κ2) is 5.10. The minimum Gasteiger partial charge on any atom is -0.497 e. The normalized spacial score (nSPS) is 13.6. The Labute approximate surface area is 105 Å². The second-order valence-electron chi connectivity index (χ2n) is 4.26. The van der Waals surface area contributed by atoms with Gasteiger partial charge in [0, 0.05) is 0 Å². The third kappa shape index (κ3) is 2.62. The zero-order valence-corrected chi connectivity index (χ0v) is 10.2. The minimum absolute atomic E-state index is 0.154. The van der Waals surface area contributed by atoms with Gasteiger partial charge in [0.15, 0.2) is 0 Å². The summed E-state index contributed by atoms with van der Waals surface area (Å²) in [5, 5.41) is 9.83. The number of nitrogens with zero attached hydrogens (tertiary/aromatic N) is 1. The molecule has 96 valence electrons. The van der Waals surface area contributed by atoms with E-state index in [4.69, 9.17) is 10.5 Å². The van der Waals surface area contributed by atoms with E-state index in [2.05, 4.69) is 0 Å². The monoisotopic (exact) mass is 248 g/mol. The summed E-state index contributed by atoms with van der Waals surface area (Å²) in [5.74, 6) is 0.839. The van der Waals surface area contributed by atoms with Crippen molar-refractivity contribution in [1.82, 2.24) is 5.06 Å². The number of hydrogen-bond acceptors (Lipinski definition) is 3. The molecule has 5 heteroatoms. The van der Waals surface area contributed by atoms with E-state index in [1.54, 1.807) is 7.11 Å². The van der Waals surface area contributed by atoms with Crippen LogP contribution in [0.3, 0.4) is 0 Å². The number of methoxy groups -OCH3 is 1. The maximum atomic E-state index is 10.8. The van der Waals surface area contributed by atoms with Gasteiger partial charge in [-0.3, -0.25) is 5.21 Å². The first-order chi connectivity index (χ1) is 8.60. The lowest BCUT2D eigenvalue weighted by Crippen LogP contribution is -2.34. The van der Waals surface area contributed by atoms with Crippen molar-refractivity contribution in [3.05, 3.63) is 34.9 Å². The van der Waals surface area contributed by atoms with Gasteiger partial charge in [0.1, 0.15) is 5.75 Å². The molecular formula is C13H16N2O3. The Hall–Kier alpha value is -2.01. The Morgan fingerprint density at radius 2 is 2.28 bits per heavy atom. The molecule has 5 nitrogen and oxygen atoms in total. The van der Waals surface area contributed by atoms with Gasteiger partial charge >= 0.3 is 6.03 Å². The van der Waals surface area contributed by atoms with Crippen LogP contribution in [0.2, 0.25) is 0 Å². The van der Waals surface area contributed by atoms with Crippen molar-refractivity contribution in [2.45, 2.75) is 12.8 Å². The van der Waals surface area contributed by atoms with Crippen molar-refractivity contribution in [2.24, 2.45) is 5.73 Å². The van der Waals surface area contributed by atoms with Crippen molar-refractivity contribution in [3.8, 4) is 5.75 Å². The number of ether oxygens (including phenoxy) is 1. The number of aryl methyl sites for hydroxylation is 1. The summed E-state index contributed by atoms with van der Waals surface area (Å²) < 4.78 is 5.17. The molecule has 0 saturated heterocycles. The summed E-state index contributed by atoms with van der Waals surface area (Å²) in [6.07, 6.45) is 3.64. The molecule has 1 aliphatic carbocycles. The molecule has 18 heavy (non-hydrogen) atoms. The van der Waals surface area contributed by atoms with Crippen LogP contribution in [-0.4, -0.2) is 30.0 Å². The van der Waals surface area contributed by atoms with Gasteiger partial charge in [0.25, 0.3) is 0 Å². The zero-order chi connectivity index (χ0) is 13.1. The van der Waals surface area contributed by atoms with Crippen LogP contribution in [0.4, 0.5) is 4.79 Å². The van der Waals surface area contributed by atoms with Crippen molar-refractivity contribution >= 4 is 12.1 Å². The highest BCUT2D eigenvalue weighted by Gasteiger charge is 2.14. The first kappa shape index (κ1) is 12.4. The number of fused-ring (bicyclic) bond motifs is 1. The van der Waals surface area contributed by atoms with E-state index in [9.17, 15) is 10.0 Å².